The van der Waals surface area contributed by atoms with Crippen molar-refractivity contribution in [3.8, 4) is 16.9 Å². The summed E-state index contributed by atoms with van der Waals surface area (Å²) in [7, 11) is 3.59. The number of ether oxygens (including phenoxy) is 2. The lowest BCUT2D eigenvalue weighted by Gasteiger charge is -2.38. The molecular weight excluding hydrogens is 661 g/mol. The second-order valence-electron chi connectivity index (χ2n) is 14.8. The largest absolute Gasteiger partial charge is 0.496 e. The molecule has 1 aliphatic heterocycles. The highest BCUT2D eigenvalue weighted by atomic mass is 16.5. The zero-order chi connectivity index (χ0) is 37.1. The SMILES string of the molecule is C/C=C\C=C1\C(c2c(N3C(C)=C(C)N(c4ccc5ccccc5c4-c4c(OC)ccc5ccccc45)C34CC4)ccc3ccccc23)=C(OC)C=CC1C. The third-order valence-corrected chi connectivity index (χ3v) is 11.9. The number of fused-ring (bicyclic) bond motifs is 3. The monoisotopic (exact) mass is 706 g/mol. The summed E-state index contributed by atoms with van der Waals surface area (Å²) in [5, 5.41) is 7.24. The molecule has 6 aromatic carbocycles. The molecule has 4 nitrogen and oxygen atoms in total. The summed E-state index contributed by atoms with van der Waals surface area (Å²) in [6, 6.07) is 39.8. The molecule has 9 rings (SSSR count). The fourth-order valence-electron chi connectivity index (χ4n) is 9.18. The van der Waals surface area contributed by atoms with Crippen LogP contribution in [0.5, 0.6) is 5.75 Å². The second-order valence-corrected chi connectivity index (χ2v) is 14.8. The normalized spacial score (nSPS) is 18.8. The Kier molecular flexibility index (Phi) is 8.23. The lowest BCUT2D eigenvalue weighted by atomic mass is 9.81. The third kappa shape index (κ3) is 5.04. The Hall–Kier alpha value is -6.00. The molecule has 0 bridgehead atoms. The Morgan fingerprint density at radius 2 is 1.15 bits per heavy atom. The van der Waals surface area contributed by atoms with Crippen molar-refractivity contribution in [1.29, 1.82) is 0 Å². The van der Waals surface area contributed by atoms with Crippen LogP contribution in [0, 0.1) is 5.92 Å². The highest BCUT2D eigenvalue weighted by Crippen LogP contribution is 2.61. The van der Waals surface area contributed by atoms with Crippen molar-refractivity contribution in [2.45, 2.75) is 46.2 Å². The minimum atomic E-state index is -0.280. The highest BCUT2D eigenvalue weighted by molar-refractivity contribution is 6.13. The molecule has 268 valence electrons. The zero-order valence-corrected chi connectivity index (χ0v) is 32.0. The summed E-state index contributed by atoms with van der Waals surface area (Å²) in [6.07, 6.45) is 13.0. The van der Waals surface area contributed by atoms with E-state index in [1.54, 1.807) is 14.2 Å². The third-order valence-electron chi connectivity index (χ3n) is 11.9. The fraction of sp³-hybridized carbons (Fsp3) is 0.200. The standard InChI is InChI=1S/C50H46N2O2/c1-7-8-18-38-32(2)22-28-44(53-5)48(38)46-39-19-12-9-15-35(39)23-26-42(46)51-33(3)34(4)52(50(51)30-31-50)43-27-24-36-16-10-13-20-40(36)47(43)49-41-21-14-11-17-37(41)25-29-45(49)54-6/h7-29,32H,30-31H2,1-6H3/b8-7-,38-18+. The van der Waals surface area contributed by atoms with Gasteiger partial charge >= 0.3 is 0 Å². The maximum atomic E-state index is 6.23. The number of rotatable bonds is 7. The molecule has 1 heterocycles. The number of benzene rings is 6. The summed E-state index contributed by atoms with van der Waals surface area (Å²) in [5.74, 6) is 1.99. The van der Waals surface area contributed by atoms with E-state index in [4.69, 9.17) is 9.47 Å². The minimum absolute atomic E-state index is 0.223. The van der Waals surface area contributed by atoms with Crippen LogP contribution in [0.15, 0.2) is 162 Å². The van der Waals surface area contributed by atoms with Gasteiger partial charge < -0.3 is 19.3 Å². The molecule has 0 amide bonds. The molecule has 1 saturated carbocycles. The van der Waals surface area contributed by atoms with Crippen LogP contribution in [0.1, 0.15) is 46.1 Å². The molecule has 3 aliphatic rings. The first-order valence-electron chi connectivity index (χ1n) is 19.1. The van der Waals surface area contributed by atoms with Crippen LogP contribution in [-0.2, 0) is 4.74 Å². The van der Waals surface area contributed by atoms with Gasteiger partial charge in [0.25, 0.3) is 0 Å². The average Bonchev–Trinajstić information content (AvgIpc) is 3.96. The Morgan fingerprint density at radius 3 is 1.69 bits per heavy atom. The highest BCUT2D eigenvalue weighted by Gasteiger charge is 2.59. The molecule has 1 unspecified atom stereocenters. The maximum absolute atomic E-state index is 6.23. The molecule has 54 heavy (non-hydrogen) atoms. The van der Waals surface area contributed by atoms with E-state index in [0.29, 0.717) is 0 Å². The fourth-order valence-corrected chi connectivity index (χ4v) is 9.18. The Morgan fingerprint density at radius 1 is 0.630 bits per heavy atom. The molecule has 0 radical (unpaired) electrons. The topological polar surface area (TPSA) is 24.9 Å². The number of hydrogen-bond acceptors (Lipinski definition) is 4. The van der Waals surface area contributed by atoms with E-state index in [2.05, 4.69) is 177 Å². The van der Waals surface area contributed by atoms with Crippen molar-refractivity contribution in [1.82, 2.24) is 0 Å². The van der Waals surface area contributed by atoms with Gasteiger partial charge in [0.2, 0.25) is 0 Å². The van der Waals surface area contributed by atoms with Gasteiger partial charge in [-0.3, -0.25) is 0 Å². The Labute approximate surface area is 318 Å². The van der Waals surface area contributed by atoms with Gasteiger partial charge in [-0.05, 0) is 95.8 Å². The van der Waals surface area contributed by atoms with Gasteiger partial charge in [0.15, 0.2) is 0 Å². The average molecular weight is 707 g/mol. The maximum Gasteiger partial charge on any atom is 0.127 e. The van der Waals surface area contributed by atoms with E-state index in [0.717, 1.165) is 35.5 Å². The second kappa shape index (κ2) is 13.1. The summed E-state index contributed by atoms with van der Waals surface area (Å²) in [6.45, 7) is 8.96. The van der Waals surface area contributed by atoms with Gasteiger partial charge in [-0.25, -0.2) is 0 Å². The Bertz CT molecular complexity index is 2650. The first kappa shape index (κ1) is 33.8. The number of anilines is 2. The van der Waals surface area contributed by atoms with E-state index in [9.17, 15) is 0 Å². The number of methoxy groups -OCH3 is 2. The van der Waals surface area contributed by atoms with Crippen molar-refractivity contribution in [2.75, 3.05) is 24.0 Å². The van der Waals surface area contributed by atoms with Crippen LogP contribution >= 0.6 is 0 Å². The van der Waals surface area contributed by atoms with Crippen LogP contribution in [-0.4, -0.2) is 19.9 Å². The molecule has 2 aliphatic carbocycles. The van der Waals surface area contributed by atoms with Crippen LogP contribution in [0.2, 0.25) is 0 Å². The van der Waals surface area contributed by atoms with Gasteiger partial charge in [-0.2, -0.15) is 0 Å². The predicted molar refractivity (Wildman–Crippen MR) is 228 cm³/mol. The summed E-state index contributed by atoms with van der Waals surface area (Å²) < 4.78 is 12.4. The summed E-state index contributed by atoms with van der Waals surface area (Å²) in [5.41, 5.74) is 10.6. The molecular formula is C50H46N2O2. The quantitative estimate of drug-likeness (QED) is 0.165. The molecule has 0 aromatic heterocycles. The molecule has 4 heteroatoms. The van der Waals surface area contributed by atoms with Gasteiger partial charge in [0.1, 0.15) is 17.2 Å². The van der Waals surface area contributed by atoms with Crippen LogP contribution < -0.4 is 14.5 Å². The van der Waals surface area contributed by atoms with Crippen molar-refractivity contribution >= 4 is 49.3 Å². The molecule has 6 aromatic rings. The van der Waals surface area contributed by atoms with E-state index >= 15 is 0 Å². The molecule has 1 fully saturated rings. The number of hydrogen-bond donors (Lipinski definition) is 0. The molecule has 1 spiro atoms. The van der Waals surface area contributed by atoms with Gasteiger partial charge in [0, 0.05) is 39.6 Å². The number of allylic oxidation sites excluding steroid dienone is 9. The van der Waals surface area contributed by atoms with Crippen molar-refractivity contribution < 1.29 is 9.47 Å². The predicted octanol–water partition coefficient (Wildman–Crippen LogP) is 13.0. The molecule has 0 saturated heterocycles. The van der Waals surface area contributed by atoms with E-state index in [1.807, 2.05) is 0 Å². The zero-order valence-electron chi connectivity index (χ0n) is 32.0. The first-order valence-corrected chi connectivity index (χ1v) is 19.1. The number of nitrogens with zero attached hydrogens (tertiary/aromatic N) is 2. The van der Waals surface area contributed by atoms with Gasteiger partial charge in [-0.1, -0.05) is 122 Å². The minimum Gasteiger partial charge on any atom is -0.496 e. The van der Waals surface area contributed by atoms with Gasteiger partial charge in [0.05, 0.1) is 25.6 Å². The van der Waals surface area contributed by atoms with E-state index < -0.39 is 0 Å². The van der Waals surface area contributed by atoms with E-state index in [1.165, 1.54) is 71.8 Å². The van der Waals surface area contributed by atoms with E-state index in [-0.39, 0.29) is 11.6 Å². The lowest BCUT2D eigenvalue weighted by Crippen LogP contribution is -2.43. The van der Waals surface area contributed by atoms with Crippen LogP contribution in [0.25, 0.3) is 49.0 Å². The van der Waals surface area contributed by atoms with Crippen molar-refractivity contribution in [3.63, 3.8) is 0 Å². The smallest absolute Gasteiger partial charge is 0.127 e. The first-order chi connectivity index (χ1) is 26.4. The van der Waals surface area contributed by atoms with Gasteiger partial charge in [-0.15, -0.1) is 0 Å². The van der Waals surface area contributed by atoms with Crippen LogP contribution in [0.4, 0.5) is 11.4 Å². The van der Waals surface area contributed by atoms with Crippen molar-refractivity contribution in [3.05, 3.63) is 168 Å². The molecule has 1 atom stereocenters. The summed E-state index contributed by atoms with van der Waals surface area (Å²) in [4.78, 5) is 5.30. The lowest BCUT2D eigenvalue weighted by molar-refractivity contribution is 0.307. The Balaban J connectivity index is 1.32. The summed E-state index contributed by atoms with van der Waals surface area (Å²) >= 11 is 0. The molecule has 0 N–H and O–H groups in total. The van der Waals surface area contributed by atoms with Crippen LogP contribution in [0.3, 0.4) is 0 Å². The van der Waals surface area contributed by atoms with Crippen molar-refractivity contribution in [2.24, 2.45) is 5.92 Å².